The van der Waals surface area contributed by atoms with Gasteiger partial charge in [0.25, 0.3) is 0 Å². The molecule has 0 aliphatic carbocycles. The number of carboxylic acid groups (broad SMARTS) is 1. The zero-order valence-electron chi connectivity index (χ0n) is 22.2. The van der Waals surface area contributed by atoms with Crippen LogP contribution in [-0.2, 0) is 27.5 Å². The van der Waals surface area contributed by atoms with Gasteiger partial charge in [0, 0.05) is 0 Å². The van der Waals surface area contributed by atoms with Crippen molar-refractivity contribution in [3.8, 4) is 11.5 Å². The van der Waals surface area contributed by atoms with Crippen molar-refractivity contribution < 1.29 is 32.6 Å². The number of hydrogen-bond donors (Lipinski definition) is 1. The molecule has 2 heterocycles. The van der Waals surface area contributed by atoms with Gasteiger partial charge in [-0.1, -0.05) is 0 Å². The van der Waals surface area contributed by atoms with E-state index in [4.69, 9.17) is 26.1 Å². The van der Waals surface area contributed by atoms with Gasteiger partial charge >= 0.3 is 216 Å². The van der Waals surface area contributed by atoms with E-state index in [0.29, 0.717) is 0 Å². The molecule has 1 aliphatic heterocycles. The van der Waals surface area contributed by atoms with E-state index in [-0.39, 0.29) is 39.2 Å². The Labute approximate surface area is 249 Å². The van der Waals surface area contributed by atoms with Crippen LogP contribution in [0.1, 0.15) is 40.0 Å². The fourth-order valence-electron chi connectivity index (χ4n) is 4.64. The van der Waals surface area contributed by atoms with E-state index in [1.807, 2.05) is 48.5 Å². The molecule has 0 saturated carbocycles. The molecule has 1 radical (unpaired) electrons. The Balaban J connectivity index is 1.28. The normalized spacial score (nSPS) is 14.4. The number of carbonyl (C=O) groups is 2. The summed E-state index contributed by atoms with van der Waals surface area (Å²) in [4.78, 5) is 29.9. The van der Waals surface area contributed by atoms with Gasteiger partial charge in [-0.3, -0.25) is 0 Å². The first kappa shape index (κ1) is 29.1. The Kier molecular flexibility index (Phi) is 8.41. The number of pyridine rings is 1. The number of halogens is 1. The van der Waals surface area contributed by atoms with Crippen molar-refractivity contribution in [3.05, 3.63) is 94.1 Å². The summed E-state index contributed by atoms with van der Waals surface area (Å²) in [6, 6.07) is 19.4. The van der Waals surface area contributed by atoms with E-state index in [1.54, 1.807) is 0 Å². The third-order valence-electron chi connectivity index (χ3n) is 6.85. The number of fused-ring (bicyclic) bond motifs is 2. The van der Waals surface area contributed by atoms with Crippen molar-refractivity contribution in [1.29, 1.82) is 0 Å². The van der Waals surface area contributed by atoms with E-state index in [1.165, 1.54) is 18.2 Å². The molecule has 0 fully saturated rings. The van der Waals surface area contributed by atoms with Crippen LogP contribution in [0.4, 0.5) is 0 Å². The second kappa shape index (κ2) is 11.8. The van der Waals surface area contributed by atoms with Crippen LogP contribution in [0.15, 0.2) is 71.6 Å². The summed E-state index contributed by atoms with van der Waals surface area (Å²) in [5, 5.41) is 10.7. The summed E-state index contributed by atoms with van der Waals surface area (Å²) < 4.78 is 33.1. The Morgan fingerprint density at radius 3 is 2.44 bits per heavy atom. The molecule has 2 atom stereocenters. The number of sulfone groups is 1. The number of carbonyl (C=O) groups excluding carboxylic acids is 1. The topological polar surface area (TPSA) is 120 Å². The van der Waals surface area contributed by atoms with Crippen LogP contribution in [0.2, 0.25) is 9.73 Å². The van der Waals surface area contributed by atoms with Gasteiger partial charge in [0.1, 0.15) is 0 Å². The van der Waals surface area contributed by atoms with Gasteiger partial charge in [-0.25, -0.2) is 0 Å². The van der Waals surface area contributed by atoms with Crippen molar-refractivity contribution in [2.24, 2.45) is 0 Å². The van der Waals surface area contributed by atoms with Crippen LogP contribution in [0, 0.1) is 0 Å². The summed E-state index contributed by atoms with van der Waals surface area (Å²) in [5.74, 6) is 0.604. The first-order chi connectivity index (χ1) is 19.5. The van der Waals surface area contributed by atoms with Crippen molar-refractivity contribution in [2.75, 3.05) is 13.0 Å². The molecule has 5 rings (SSSR count). The van der Waals surface area contributed by atoms with Crippen LogP contribution >= 0.6 is 11.6 Å². The van der Waals surface area contributed by atoms with E-state index in [0.717, 1.165) is 51.9 Å². The quantitative estimate of drug-likeness (QED) is 0.228. The van der Waals surface area contributed by atoms with E-state index >= 15 is 0 Å². The molecule has 0 saturated heterocycles. The third-order valence-corrected chi connectivity index (χ3v) is 10.8. The molecular formula is C30H26AsClNO7S. The number of rotatable bonds is 10. The predicted molar refractivity (Wildman–Crippen MR) is 156 cm³/mol. The number of benzene rings is 3. The molecule has 41 heavy (non-hydrogen) atoms. The summed E-state index contributed by atoms with van der Waals surface area (Å²) in [6.45, 7) is 2.36. The van der Waals surface area contributed by atoms with Gasteiger partial charge < -0.3 is 9.47 Å². The number of aromatic nitrogens is 1. The maximum atomic E-state index is 13.0. The molecule has 211 valence electrons. The first-order valence-electron chi connectivity index (χ1n) is 12.7. The van der Waals surface area contributed by atoms with E-state index in [9.17, 15) is 23.1 Å². The summed E-state index contributed by atoms with van der Waals surface area (Å²) >= 11 is 4.87. The Morgan fingerprint density at radius 2 is 1.71 bits per heavy atom. The molecule has 8 nitrogen and oxygen atoms in total. The fraction of sp³-hybridized carbons (Fsp3) is 0.233. The molecule has 3 aromatic carbocycles. The molecule has 1 N–H and O–H groups in total. The number of aliphatic carboxylic acids is 1. The molecule has 0 amide bonds. The van der Waals surface area contributed by atoms with E-state index in [2.05, 4.69) is 6.92 Å². The molecule has 4 aromatic rings. The summed E-state index contributed by atoms with van der Waals surface area (Å²) in [7, 11) is -3.48. The average Bonchev–Trinajstić information content (AvgIpc) is 3.39. The van der Waals surface area contributed by atoms with Gasteiger partial charge in [0.05, 0.1) is 0 Å². The number of nitrogens with zero attached hydrogens (tertiary/aromatic N) is 1. The molecular weight excluding hydrogens is 629 g/mol. The molecule has 2 unspecified atom stereocenters. The number of hydrogen-bond acceptors (Lipinski definition) is 7. The van der Waals surface area contributed by atoms with Gasteiger partial charge in [-0.05, 0) is 6.07 Å². The molecule has 11 heteroatoms. The average molecular weight is 655 g/mol. The molecule has 1 aromatic heterocycles. The van der Waals surface area contributed by atoms with Crippen LogP contribution < -0.4 is 9.47 Å². The second-order valence-corrected chi connectivity index (χ2v) is 15.1. The van der Waals surface area contributed by atoms with Crippen molar-refractivity contribution >= 4 is 58.6 Å². The zero-order valence-corrected chi connectivity index (χ0v) is 25.7. The predicted octanol–water partition coefficient (Wildman–Crippen LogP) is 5.33. The van der Waals surface area contributed by atoms with Crippen LogP contribution in [0.25, 0.3) is 10.9 Å². The zero-order chi connectivity index (χ0) is 29.3. The standard InChI is InChI=1S/C30H26AsClNO7S/c1-17(11-18-4-10-27-28(14-18)40-16-39-27)25-9-5-20-12-19(3-8-26(20)33-25)13-23(30(35)36)31-29(34)22-7-6-21(15-24(22)32)41(2,37)38/h3-10,12,14-15,17,23H,11,13,16H2,1-2H3,(H,35,36). The van der Waals surface area contributed by atoms with Gasteiger partial charge in [-0.15, -0.1) is 0 Å². The van der Waals surface area contributed by atoms with Gasteiger partial charge in [0.15, 0.2) is 11.5 Å². The third kappa shape index (κ3) is 6.75. The van der Waals surface area contributed by atoms with Crippen LogP contribution in [-0.4, -0.2) is 57.8 Å². The SMILES string of the molecule is CC(Cc1ccc2c(c1)OCO2)c1ccc2cc(CC([As]C(=O)c3ccc(S(C)(=O)=O)cc3Cl)C(=O)O)ccc2n1. The fourth-order valence-corrected chi connectivity index (χ4v) is 7.92. The first-order valence-corrected chi connectivity index (χ1v) is 17.0. The maximum absolute atomic E-state index is 13.0. The summed E-state index contributed by atoms with van der Waals surface area (Å²) in [5.41, 5.74) is 3.80. The number of carboxylic acids is 1. The van der Waals surface area contributed by atoms with Crippen LogP contribution in [0.3, 0.4) is 0 Å². The van der Waals surface area contributed by atoms with Crippen LogP contribution in [0.5, 0.6) is 11.5 Å². The van der Waals surface area contributed by atoms with Gasteiger partial charge in [0.2, 0.25) is 6.79 Å². The molecule has 0 bridgehead atoms. The Morgan fingerprint density at radius 1 is 0.976 bits per heavy atom. The number of ether oxygens (including phenoxy) is 2. The monoisotopic (exact) mass is 654 g/mol. The second-order valence-electron chi connectivity index (χ2n) is 9.96. The summed E-state index contributed by atoms with van der Waals surface area (Å²) in [6.07, 6.45) is 2.01. The van der Waals surface area contributed by atoms with Crippen molar-refractivity contribution in [3.63, 3.8) is 0 Å². The Hall–Kier alpha value is -3.39. The van der Waals surface area contributed by atoms with Gasteiger partial charge in [-0.2, -0.15) is 0 Å². The van der Waals surface area contributed by atoms with Crippen molar-refractivity contribution in [1.82, 2.24) is 4.98 Å². The minimum atomic E-state index is -3.48. The van der Waals surface area contributed by atoms with Crippen molar-refractivity contribution in [2.45, 2.75) is 35.3 Å². The molecule has 1 aliphatic rings. The minimum absolute atomic E-state index is 0.000315. The van der Waals surface area contributed by atoms with E-state index < -0.39 is 36.3 Å². The molecule has 0 spiro atoms. The Bertz CT molecular complexity index is 1780.